The van der Waals surface area contributed by atoms with Gasteiger partial charge in [-0.15, -0.1) is 0 Å². The molecule has 1 aliphatic heterocycles. The molecule has 0 saturated carbocycles. The van der Waals surface area contributed by atoms with E-state index in [0.29, 0.717) is 6.54 Å². The third-order valence-electron chi connectivity index (χ3n) is 2.60. The van der Waals surface area contributed by atoms with Crippen molar-refractivity contribution in [2.75, 3.05) is 11.4 Å². The Bertz CT molecular complexity index is 414. The topological polar surface area (TPSA) is 20.3 Å². The van der Waals surface area contributed by atoms with E-state index >= 15 is 0 Å². The molecular weight excluding hydrogens is 268 g/mol. The zero-order chi connectivity index (χ0) is 11.8. The van der Waals surface area contributed by atoms with Crippen molar-refractivity contribution in [1.82, 2.24) is 0 Å². The van der Waals surface area contributed by atoms with Crippen molar-refractivity contribution in [3.05, 3.63) is 29.8 Å². The van der Waals surface area contributed by atoms with E-state index in [4.69, 9.17) is 34.8 Å². The van der Waals surface area contributed by atoms with Crippen LogP contribution < -0.4 is 4.90 Å². The van der Waals surface area contributed by atoms with Crippen LogP contribution in [-0.4, -0.2) is 16.2 Å². The Labute approximate surface area is 109 Å². The predicted octanol–water partition coefficient (Wildman–Crippen LogP) is 3.34. The number of para-hydroxylation sites is 1. The van der Waals surface area contributed by atoms with Gasteiger partial charge in [0.25, 0.3) is 9.70 Å². The van der Waals surface area contributed by atoms with Crippen molar-refractivity contribution in [3.8, 4) is 0 Å². The highest BCUT2D eigenvalue weighted by Gasteiger charge is 2.37. The van der Waals surface area contributed by atoms with Gasteiger partial charge in [-0.3, -0.25) is 4.79 Å². The minimum absolute atomic E-state index is 0.482. The average Bonchev–Trinajstić information content (AvgIpc) is 2.26. The van der Waals surface area contributed by atoms with Crippen LogP contribution >= 0.6 is 34.8 Å². The minimum Gasteiger partial charge on any atom is -0.308 e. The molecule has 86 valence electrons. The zero-order valence-corrected chi connectivity index (χ0v) is 10.7. The fourth-order valence-corrected chi connectivity index (χ4v) is 2.20. The fourth-order valence-electron chi connectivity index (χ4n) is 1.90. The van der Waals surface area contributed by atoms with Gasteiger partial charge in [-0.05, 0) is 24.5 Å². The number of amides is 1. The number of halogens is 3. The molecule has 0 bridgehead atoms. The highest BCUT2D eigenvalue weighted by Crippen LogP contribution is 2.34. The lowest BCUT2D eigenvalue weighted by Gasteiger charge is -2.31. The van der Waals surface area contributed by atoms with Crippen LogP contribution in [0, 0.1) is 0 Å². The summed E-state index contributed by atoms with van der Waals surface area (Å²) in [5.41, 5.74) is 1.97. The summed E-state index contributed by atoms with van der Waals surface area (Å²) in [7, 11) is 0. The second-order valence-corrected chi connectivity index (χ2v) is 5.97. The van der Waals surface area contributed by atoms with Crippen LogP contribution in [0.5, 0.6) is 0 Å². The van der Waals surface area contributed by atoms with Crippen LogP contribution in [0.3, 0.4) is 0 Å². The van der Waals surface area contributed by atoms with Gasteiger partial charge in [0.1, 0.15) is 0 Å². The lowest BCUT2D eigenvalue weighted by Crippen LogP contribution is -2.42. The van der Waals surface area contributed by atoms with Crippen molar-refractivity contribution in [1.29, 1.82) is 0 Å². The number of rotatable bonds is 0. The molecule has 5 heteroatoms. The number of hydrogen-bond acceptors (Lipinski definition) is 1. The van der Waals surface area contributed by atoms with E-state index in [1.807, 2.05) is 24.3 Å². The first kappa shape index (κ1) is 12.0. The smallest absolute Gasteiger partial charge is 0.279 e. The van der Waals surface area contributed by atoms with Crippen molar-refractivity contribution < 1.29 is 4.79 Å². The average molecular weight is 279 g/mol. The molecule has 1 aliphatic rings. The lowest BCUT2D eigenvalue weighted by molar-refractivity contribution is -0.117. The van der Waals surface area contributed by atoms with Crippen LogP contribution in [-0.2, 0) is 11.2 Å². The second kappa shape index (κ2) is 4.44. The normalized spacial score (nSPS) is 15.8. The number of aryl methyl sites for hydroxylation is 1. The Balaban J connectivity index is 2.36. The molecule has 0 unspecified atom stereocenters. The lowest BCUT2D eigenvalue weighted by atomic mass is 10.0. The molecule has 1 aromatic carbocycles. The maximum absolute atomic E-state index is 11.9. The van der Waals surface area contributed by atoms with Gasteiger partial charge in [-0.25, -0.2) is 0 Å². The van der Waals surface area contributed by atoms with Crippen LogP contribution in [0.1, 0.15) is 12.0 Å². The minimum atomic E-state index is -1.88. The first-order chi connectivity index (χ1) is 7.50. The summed E-state index contributed by atoms with van der Waals surface area (Å²) in [4.78, 5) is 13.5. The van der Waals surface area contributed by atoms with E-state index in [0.717, 1.165) is 24.1 Å². The van der Waals surface area contributed by atoms with E-state index < -0.39 is 9.70 Å². The van der Waals surface area contributed by atoms with Gasteiger partial charge in [0.05, 0.1) is 0 Å². The van der Waals surface area contributed by atoms with Crippen LogP contribution in [0.2, 0.25) is 0 Å². The van der Waals surface area contributed by atoms with Gasteiger partial charge in [0.15, 0.2) is 0 Å². The van der Waals surface area contributed by atoms with Crippen LogP contribution in [0.4, 0.5) is 5.69 Å². The number of benzene rings is 1. The number of hydrogen-bond donors (Lipinski definition) is 0. The predicted molar refractivity (Wildman–Crippen MR) is 67.4 cm³/mol. The summed E-state index contributed by atoms with van der Waals surface area (Å²) in [6.07, 6.45) is 1.85. The first-order valence-electron chi connectivity index (χ1n) is 4.97. The standard InChI is InChI=1S/C11H10Cl3NO/c12-11(13,14)10(16)15-7-3-5-8-4-1-2-6-9(8)15/h1-2,4,6H,3,5,7H2. The summed E-state index contributed by atoms with van der Waals surface area (Å²) in [5, 5.41) is 0. The molecule has 0 N–H and O–H groups in total. The van der Waals surface area contributed by atoms with E-state index in [2.05, 4.69) is 0 Å². The van der Waals surface area contributed by atoms with Gasteiger partial charge < -0.3 is 4.90 Å². The monoisotopic (exact) mass is 277 g/mol. The molecule has 0 fully saturated rings. The fraction of sp³-hybridized carbons (Fsp3) is 0.364. The van der Waals surface area contributed by atoms with E-state index in [-0.39, 0.29) is 0 Å². The molecule has 2 nitrogen and oxygen atoms in total. The molecule has 2 rings (SSSR count). The number of carbonyl (C=O) groups excluding carboxylic acids is 1. The SMILES string of the molecule is O=C(N1CCCc2ccccc21)C(Cl)(Cl)Cl. The van der Waals surface area contributed by atoms with Gasteiger partial charge in [0.2, 0.25) is 0 Å². The Hall–Kier alpha value is -0.440. The summed E-state index contributed by atoms with van der Waals surface area (Å²) in [6.45, 7) is 0.601. The summed E-state index contributed by atoms with van der Waals surface area (Å²) < 4.78 is -1.88. The maximum Gasteiger partial charge on any atom is 0.279 e. The largest absolute Gasteiger partial charge is 0.308 e. The quantitative estimate of drug-likeness (QED) is 0.667. The number of anilines is 1. The molecule has 1 heterocycles. The summed E-state index contributed by atoms with van der Waals surface area (Å²) in [5.74, 6) is -0.482. The molecule has 0 atom stereocenters. The molecule has 0 spiro atoms. The summed E-state index contributed by atoms with van der Waals surface area (Å²) >= 11 is 16.9. The molecular formula is C11H10Cl3NO. The van der Waals surface area contributed by atoms with Crippen LogP contribution in [0.25, 0.3) is 0 Å². The third kappa shape index (κ3) is 2.29. The zero-order valence-electron chi connectivity index (χ0n) is 8.42. The van der Waals surface area contributed by atoms with E-state index in [1.165, 1.54) is 0 Å². The van der Waals surface area contributed by atoms with E-state index in [9.17, 15) is 4.79 Å². The maximum atomic E-state index is 11.9. The highest BCUT2D eigenvalue weighted by molar-refractivity contribution is 6.77. The Morgan fingerprint density at radius 2 is 1.94 bits per heavy atom. The third-order valence-corrected chi connectivity index (χ3v) is 3.08. The van der Waals surface area contributed by atoms with Gasteiger partial charge in [0, 0.05) is 12.2 Å². The first-order valence-corrected chi connectivity index (χ1v) is 6.10. The van der Waals surface area contributed by atoms with Crippen molar-refractivity contribution in [3.63, 3.8) is 0 Å². The molecule has 0 radical (unpaired) electrons. The van der Waals surface area contributed by atoms with Gasteiger partial charge >= 0.3 is 0 Å². The molecule has 16 heavy (non-hydrogen) atoms. The van der Waals surface area contributed by atoms with Crippen molar-refractivity contribution >= 4 is 46.4 Å². The number of nitrogens with zero attached hydrogens (tertiary/aromatic N) is 1. The van der Waals surface area contributed by atoms with Crippen molar-refractivity contribution in [2.45, 2.75) is 16.6 Å². The molecule has 1 amide bonds. The molecule has 0 aromatic heterocycles. The van der Waals surface area contributed by atoms with Gasteiger partial charge in [-0.1, -0.05) is 53.0 Å². The highest BCUT2D eigenvalue weighted by atomic mass is 35.6. The van der Waals surface area contributed by atoms with Crippen molar-refractivity contribution in [2.24, 2.45) is 0 Å². The molecule has 0 aliphatic carbocycles. The summed E-state index contributed by atoms with van der Waals surface area (Å²) in [6, 6.07) is 7.70. The second-order valence-electron chi connectivity index (χ2n) is 3.69. The van der Waals surface area contributed by atoms with Gasteiger partial charge in [-0.2, -0.15) is 0 Å². The number of carbonyl (C=O) groups is 1. The Morgan fingerprint density at radius 1 is 1.25 bits per heavy atom. The molecule has 0 saturated heterocycles. The number of fused-ring (bicyclic) bond motifs is 1. The number of alkyl halides is 3. The molecule has 1 aromatic rings. The van der Waals surface area contributed by atoms with E-state index in [1.54, 1.807) is 4.90 Å². The van der Waals surface area contributed by atoms with Crippen LogP contribution in [0.15, 0.2) is 24.3 Å². The Kier molecular flexibility index (Phi) is 3.34. The Morgan fingerprint density at radius 3 is 2.62 bits per heavy atom.